The number of allylic oxidation sites excluding steroid dienone is 1. The summed E-state index contributed by atoms with van der Waals surface area (Å²) in [6, 6.07) is 0. The number of ether oxygens (including phenoxy) is 3. The molecular formula is C32H44O6. The Kier molecular flexibility index (Phi) is 6.71. The molecule has 0 bridgehead atoms. The van der Waals surface area contributed by atoms with E-state index in [4.69, 9.17) is 14.2 Å². The summed E-state index contributed by atoms with van der Waals surface area (Å²) in [7, 11) is 0. The topological polar surface area (TPSA) is 78.9 Å². The third kappa shape index (κ3) is 4.17. The molecule has 0 aromatic carbocycles. The van der Waals surface area contributed by atoms with Gasteiger partial charge in [0.15, 0.2) is 0 Å². The average molecular weight is 525 g/mol. The van der Waals surface area contributed by atoms with Crippen LogP contribution >= 0.6 is 0 Å². The van der Waals surface area contributed by atoms with E-state index in [1.807, 2.05) is 26.8 Å². The first kappa shape index (κ1) is 27.2. The first-order valence-electron chi connectivity index (χ1n) is 14.4. The number of esters is 3. The van der Waals surface area contributed by atoms with Crippen LogP contribution in [0.4, 0.5) is 0 Å². The maximum atomic E-state index is 12.4. The maximum Gasteiger partial charge on any atom is 0.333 e. The van der Waals surface area contributed by atoms with Gasteiger partial charge in [-0.15, -0.1) is 0 Å². The number of hydrogen-bond donors (Lipinski definition) is 0. The van der Waals surface area contributed by atoms with Gasteiger partial charge in [0.2, 0.25) is 0 Å². The lowest BCUT2D eigenvalue weighted by Gasteiger charge is -2.53. The monoisotopic (exact) mass is 524 g/mol. The fourth-order valence-electron chi connectivity index (χ4n) is 8.89. The Labute approximate surface area is 227 Å². The molecule has 0 aromatic rings. The lowest BCUT2D eigenvalue weighted by Crippen LogP contribution is -2.49. The van der Waals surface area contributed by atoms with Crippen molar-refractivity contribution in [3.8, 4) is 0 Å². The summed E-state index contributed by atoms with van der Waals surface area (Å²) in [5.74, 6) is -0.0349. The predicted octanol–water partition coefficient (Wildman–Crippen LogP) is 6.39. The lowest BCUT2D eigenvalue weighted by atomic mass is 9.52. The molecule has 0 radical (unpaired) electrons. The molecule has 0 saturated heterocycles. The van der Waals surface area contributed by atoms with Gasteiger partial charge in [-0.2, -0.15) is 0 Å². The van der Waals surface area contributed by atoms with Crippen LogP contribution in [-0.4, -0.2) is 35.7 Å². The summed E-state index contributed by atoms with van der Waals surface area (Å²) in [5.41, 5.74) is 3.95. The van der Waals surface area contributed by atoms with Gasteiger partial charge >= 0.3 is 17.9 Å². The third-order valence-electron chi connectivity index (χ3n) is 11.2. The molecule has 2 aliphatic heterocycles. The zero-order chi connectivity index (χ0) is 27.6. The molecule has 38 heavy (non-hydrogen) atoms. The van der Waals surface area contributed by atoms with E-state index in [1.54, 1.807) is 0 Å². The second-order valence-corrected chi connectivity index (χ2v) is 13.4. The van der Waals surface area contributed by atoms with Crippen LogP contribution in [0.1, 0.15) is 99.8 Å². The van der Waals surface area contributed by atoms with Crippen LogP contribution in [0.2, 0.25) is 0 Å². The lowest BCUT2D eigenvalue weighted by molar-refractivity contribution is -0.158. The highest BCUT2D eigenvalue weighted by Gasteiger charge is 2.66. The van der Waals surface area contributed by atoms with Gasteiger partial charge in [-0.05, 0) is 76.5 Å². The van der Waals surface area contributed by atoms with Crippen molar-refractivity contribution < 1.29 is 28.6 Å². The van der Waals surface area contributed by atoms with Crippen LogP contribution in [0.15, 0.2) is 34.4 Å². The molecule has 208 valence electrons. The zero-order valence-electron chi connectivity index (χ0n) is 24.1. The number of cyclic esters (lactones) is 2. The minimum absolute atomic E-state index is 0.100. The minimum Gasteiger partial charge on any atom is -0.462 e. The van der Waals surface area contributed by atoms with Crippen molar-refractivity contribution in [2.24, 2.45) is 28.6 Å². The van der Waals surface area contributed by atoms with Crippen molar-refractivity contribution in [2.45, 2.75) is 118 Å². The number of fused-ring (bicyclic) bond motifs is 3. The number of hydrogen-bond acceptors (Lipinski definition) is 6. The highest BCUT2D eigenvalue weighted by Crippen LogP contribution is 2.69. The molecule has 5 rings (SSSR count). The Morgan fingerprint density at radius 3 is 2.55 bits per heavy atom. The fourth-order valence-corrected chi connectivity index (χ4v) is 8.89. The molecule has 7 unspecified atom stereocenters. The van der Waals surface area contributed by atoms with Gasteiger partial charge in [0, 0.05) is 30.3 Å². The van der Waals surface area contributed by atoms with Crippen molar-refractivity contribution in [1.82, 2.24) is 0 Å². The SMILES string of the molecule is CC(=O)OC1CC(C(C)C2CC=C(C)C(=O)O2)C2(C)CCC3=C(CCC4C(=CCC(=O)OC4(C)C)C3)C12C. The predicted molar refractivity (Wildman–Crippen MR) is 144 cm³/mol. The Balaban J connectivity index is 1.53. The first-order valence-corrected chi connectivity index (χ1v) is 14.4. The molecule has 6 nitrogen and oxygen atoms in total. The number of rotatable bonds is 3. The van der Waals surface area contributed by atoms with E-state index in [2.05, 4.69) is 26.8 Å². The first-order chi connectivity index (χ1) is 17.8. The molecule has 0 amide bonds. The van der Waals surface area contributed by atoms with Crippen LogP contribution in [0.5, 0.6) is 0 Å². The van der Waals surface area contributed by atoms with Crippen molar-refractivity contribution in [2.75, 3.05) is 0 Å². The second-order valence-electron chi connectivity index (χ2n) is 13.4. The molecule has 0 spiro atoms. The zero-order valence-corrected chi connectivity index (χ0v) is 24.1. The van der Waals surface area contributed by atoms with Gasteiger partial charge in [0.25, 0.3) is 0 Å². The van der Waals surface area contributed by atoms with Crippen LogP contribution < -0.4 is 0 Å². The van der Waals surface area contributed by atoms with Gasteiger partial charge in [0.1, 0.15) is 17.8 Å². The highest BCUT2D eigenvalue weighted by atomic mass is 16.6. The van der Waals surface area contributed by atoms with E-state index in [0.29, 0.717) is 12.0 Å². The second kappa shape index (κ2) is 9.38. The van der Waals surface area contributed by atoms with E-state index < -0.39 is 5.60 Å². The van der Waals surface area contributed by atoms with Crippen molar-refractivity contribution in [3.05, 3.63) is 34.4 Å². The van der Waals surface area contributed by atoms with Crippen LogP contribution in [0.25, 0.3) is 0 Å². The molecule has 6 heteroatoms. The fraction of sp³-hybridized carbons (Fsp3) is 0.719. The molecule has 7 atom stereocenters. The summed E-state index contributed by atoms with van der Waals surface area (Å²) < 4.78 is 18.0. The largest absolute Gasteiger partial charge is 0.462 e. The quantitative estimate of drug-likeness (QED) is 0.242. The smallest absolute Gasteiger partial charge is 0.333 e. The summed E-state index contributed by atoms with van der Waals surface area (Å²) in [6.45, 7) is 14.4. The molecule has 5 aliphatic rings. The maximum absolute atomic E-state index is 12.4. The molecule has 1 fully saturated rings. The molecule has 0 N–H and O–H groups in total. The third-order valence-corrected chi connectivity index (χ3v) is 11.2. The van der Waals surface area contributed by atoms with Crippen molar-refractivity contribution in [3.63, 3.8) is 0 Å². The van der Waals surface area contributed by atoms with Crippen molar-refractivity contribution >= 4 is 17.9 Å². The summed E-state index contributed by atoms with van der Waals surface area (Å²) in [6.07, 6.45) is 10.3. The number of carbonyl (C=O) groups is 3. The van der Waals surface area contributed by atoms with Gasteiger partial charge in [0.05, 0.1) is 6.42 Å². The Bertz CT molecular complexity index is 1140. The van der Waals surface area contributed by atoms with Crippen LogP contribution in [0, 0.1) is 28.6 Å². The van der Waals surface area contributed by atoms with Crippen LogP contribution in [0.3, 0.4) is 0 Å². The van der Waals surface area contributed by atoms with E-state index in [-0.39, 0.29) is 58.7 Å². The van der Waals surface area contributed by atoms with Gasteiger partial charge in [-0.3, -0.25) is 9.59 Å². The summed E-state index contributed by atoms with van der Waals surface area (Å²) in [5, 5.41) is 0. The van der Waals surface area contributed by atoms with E-state index >= 15 is 0 Å². The Morgan fingerprint density at radius 2 is 1.87 bits per heavy atom. The van der Waals surface area contributed by atoms with E-state index in [9.17, 15) is 14.4 Å². The molecule has 1 saturated carbocycles. The van der Waals surface area contributed by atoms with Gasteiger partial charge < -0.3 is 14.2 Å². The summed E-state index contributed by atoms with van der Waals surface area (Å²) in [4.78, 5) is 37.1. The molecule has 0 aromatic heterocycles. The highest BCUT2D eigenvalue weighted by molar-refractivity contribution is 5.88. The summed E-state index contributed by atoms with van der Waals surface area (Å²) >= 11 is 0. The molecular weight excluding hydrogens is 480 g/mol. The van der Waals surface area contributed by atoms with Crippen LogP contribution in [-0.2, 0) is 28.6 Å². The Hall–Kier alpha value is -2.37. The number of carbonyl (C=O) groups excluding carboxylic acids is 3. The van der Waals surface area contributed by atoms with Crippen molar-refractivity contribution in [1.29, 1.82) is 0 Å². The normalized spacial score (nSPS) is 39.2. The van der Waals surface area contributed by atoms with E-state index in [1.165, 1.54) is 23.6 Å². The molecule has 2 heterocycles. The van der Waals surface area contributed by atoms with Gasteiger partial charge in [-0.25, -0.2) is 4.79 Å². The van der Waals surface area contributed by atoms with E-state index in [0.717, 1.165) is 44.9 Å². The molecule has 3 aliphatic carbocycles. The minimum atomic E-state index is -0.545. The average Bonchev–Trinajstić information content (AvgIpc) is 2.96. The standard InChI is InChI=1S/C32H44O6/c1-18-8-12-26(37-29(18)35)19(2)25-17-27(36-20(3)33)32(7)24-11-10-23-21(9-13-28(34)38-30(23,4)5)16-22(24)14-15-31(25,32)6/h8-9,19,23,25-27H,10-17H2,1-7H3. The van der Waals surface area contributed by atoms with Gasteiger partial charge in [-0.1, -0.05) is 49.6 Å². The Morgan fingerprint density at radius 1 is 1.13 bits per heavy atom.